The van der Waals surface area contributed by atoms with Gasteiger partial charge in [0.05, 0.1) is 12.0 Å². The summed E-state index contributed by atoms with van der Waals surface area (Å²) >= 11 is 0. The third kappa shape index (κ3) is 3.34. The van der Waals surface area contributed by atoms with Gasteiger partial charge in [-0.15, -0.1) is 0 Å². The molecule has 1 saturated heterocycles. The van der Waals surface area contributed by atoms with Gasteiger partial charge in [0.2, 0.25) is 0 Å². The molecule has 0 aromatic heterocycles. The van der Waals surface area contributed by atoms with Crippen LogP contribution >= 0.6 is 0 Å². The topological polar surface area (TPSA) is 79.2 Å². The van der Waals surface area contributed by atoms with Crippen molar-refractivity contribution in [3.05, 3.63) is 23.8 Å². The molecule has 0 aliphatic carbocycles. The molecule has 2 atom stereocenters. The number of hydrogen-bond acceptors (Lipinski definition) is 5. The van der Waals surface area contributed by atoms with E-state index in [0.717, 1.165) is 18.5 Å². The molecule has 22 heavy (non-hydrogen) atoms. The molecule has 120 valence electrons. The predicted octanol–water partition coefficient (Wildman–Crippen LogP) is 1.29. The molecule has 0 bridgehead atoms. The SMILES string of the molecule is O=C(O)C1CCCN(CC(O)c2ccc3c(c2)OCCO3)C1. The fourth-order valence-corrected chi connectivity index (χ4v) is 3.04. The number of aliphatic hydroxyl groups excluding tert-OH is 1. The fraction of sp³-hybridized carbons (Fsp3) is 0.562. The zero-order valence-electron chi connectivity index (χ0n) is 12.4. The number of carboxylic acid groups (broad SMARTS) is 1. The van der Waals surface area contributed by atoms with Crippen molar-refractivity contribution in [2.75, 3.05) is 32.8 Å². The quantitative estimate of drug-likeness (QED) is 0.872. The van der Waals surface area contributed by atoms with Crippen LogP contribution in [-0.4, -0.2) is 53.9 Å². The number of carboxylic acids is 1. The van der Waals surface area contributed by atoms with E-state index in [2.05, 4.69) is 0 Å². The van der Waals surface area contributed by atoms with Crippen molar-refractivity contribution in [2.24, 2.45) is 5.92 Å². The van der Waals surface area contributed by atoms with Gasteiger partial charge in [0.15, 0.2) is 11.5 Å². The molecule has 0 saturated carbocycles. The first-order valence-electron chi connectivity index (χ1n) is 7.66. The maximum absolute atomic E-state index is 11.1. The van der Waals surface area contributed by atoms with Gasteiger partial charge in [-0.25, -0.2) is 0 Å². The number of benzene rings is 1. The van der Waals surface area contributed by atoms with E-state index in [4.69, 9.17) is 14.6 Å². The first-order chi connectivity index (χ1) is 10.6. The smallest absolute Gasteiger partial charge is 0.307 e. The van der Waals surface area contributed by atoms with Crippen LogP contribution in [0.5, 0.6) is 11.5 Å². The monoisotopic (exact) mass is 307 g/mol. The number of ether oxygens (including phenoxy) is 2. The summed E-state index contributed by atoms with van der Waals surface area (Å²) < 4.78 is 11.0. The number of rotatable bonds is 4. The van der Waals surface area contributed by atoms with Crippen molar-refractivity contribution in [3.63, 3.8) is 0 Å². The average Bonchev–Trinajstić information content (AvgIpc) is 2.54. The first kappa shape index (κ1) is 15.1. The van der Waals surface area contributed by atoms with Crippen LogP contribution in [0.25, 0.3) is 0 Å². The maximum atomic E-state index is 11.1. The minimum absolute atomic E-state index is 0.332. The lowest BCUT2D eigenvalue weighted by atomic mass is 9.97. The Morgan fingerprint density at radius 1 is 1.32 bits per heavy atom. The van der Waals surface area contributed by atoms with Gasteiger partial charge in [-0.2, -0.15) is 0 Å². The van der Waals surface area contributed by atoms with Crippen molar-refractivity contribution >= 4 is 5.97 Å². The van der Waals surface area contributed by atoms with Crippen LogP contribution < -0.4 is 9.47 Å². The van der Waals surface area contributed by atoms with Gasteiger partial charge < -0.3 is 19.7 Å². The van der Waals surface area contributed by atoms with Gasteiger partial charge >= 0.3 is 5.97 Å². The number of piperidine rings is 1. The highest BCUT2D eigenvalue weighted by atomic mass is 16.6. The molecule has 1 aromatic rings. The molecule has 2 N–H and O–H groups in total. The molecule has 1 fully saturated rings. The number of likely N-dealkylation sites (tertiary alicyclic amines) is 1. The highest BCUT2D eigenvalue weighted by Gasteiger charge is 2.27. The van der Waals surface area contributed by atoms with Crippen LogP contribution in [0.1, 0.15) is 24.5 Å². The van der Waals surface area contributed by atoms with Crippen LogP contribution in [0.4, 0.5) is 0 Å². The summed E-state index contributed by atoms with van der Waals surface area (Å²) in [7, 11) is 0. The predicted molar refractivity (Wildman–Crippen MR) is 79.2 cm³/mol. The summed E-state index contributed by atoms with van der Waals surface area (Å²) in [5, 5.41) is 19.5. The molecule has 0 spiro atoms. The standard InChI is InChI=1S/C16H21NO5/c18-13(10-17-5-1-2-12(9-17)16(19)20)11-3-4-14-15(8-11)22-7-6-21-14/h3-4,8,12-13,18H,1-2,5-7,9-10H2,(H,19,20). The van der Waals surface area contributed by atoms with Crippen LogP contribution in [0.3, 0.4) is 0 Å². The van der Waals surface area contributed by atoms with E-state index in [0.29, 0.717) is 44.2 Å². The zero-order chi connectivity index (χ0) is 15.5. The van der Waals surface area contributed by atoms with E-state index in [1.165, 1.54) is 0 Å². The van der Waals surface area contributed by atoms with E-state index in [-0.39, 0.29) is 5.92 Å². The first-order valence-corrected chi connectivity index (χ1v) is 7.66. The number of aliphatic hydroxyl groups is 1. The Balaban J connectivity index is 1.64. The second-order valence-electron chi connectivity index (χ2n) is 5.86. The normalized spacial score (nSPS) is 23.0. The molecule has 0 radical (unpaired) electrons. The third-order valence-corrected chi connectivity index (χ3v) is 4.24. The fourth-order valence-electron chi connectivity index (χ4n) is 3.04. The number of hydrogen-bond donors (Lipinski definition) is 2. The Bertz CT molecular complexity index is 547. The number of aliphatic carboxylic acids is 1. The summed E-state index contributed by atoms with van der Waals surface area (Å²) in [6.45, 7) is 2.81. The van der Waals surface area contributed by atoms with Crippen LogP contribution in [0.2, 0.25) is 0 Å². The molecule has 2 unspecified atom stereocenters. The molecular weight excluding hydrogens is 286 g/mol. The number of β-amino-alcohol motifs (C(OH)–C–C–N with tert-alkyl or cyclic N) is 1. The number of fused-ring (bicyclic) bond motifs is 1. The lowest BCUT2D eigenvalue weighted by molar-refractivity contribution is -0.143. The van der Waals surface area contributed by atoms with E-state index >= 15 is 0 Å². The maximum Gasteiger partial charge on any atom is 0.307 e. The molecule has 6 heteroatoms. The number of nitrogens with zero attached hydrogens (tertiary/aromatic N) is 1. The van der Waals surface area contributed by atoms with Gasteiger partial charge in [-0.1, -0.05) is 6.07 Å². The molecule has 6 nitrogen and oxygen atoms in total. The van der Waals surface area contributed by atoms with E-state index in [1.54, 1.807) is 6.07 Å². The van der Waals surface area contributed by atoms with Crippen molar-refractivity contribution < 1.29 is 24.5 Å². The molecule has 2 aliphatic heterocycles. The minimum atomic E-state index is -0.751. The summed E-state index contributed by atoms with van der Waals surface area (Å²) in [6.07, 6.45) is 0.903. The summed E-state index contributed by atoms with van der Waals surface area (Å²) in [5.74, 6) is 0.274. The molecule has 2 aliphatic rings. The van der Waals surface area contributed by atoms with Gasteiger partial charge in [0.1, 0.15) is 13.2 Å². The Kier molecular flexibility index (Phi) is 4.49. The lowest BCUT2D eigenvalue weighted by Gasteiger charge is -2.32. The van der Waals surface area contributed by atoms with Crippen molar-refractivity contribution in [3.8, 4) is 11.5 Å². The number of carbonyl (C=O) groups is 1. The van der Waals surface area contributed by atoms with Crippen LogP contribution in [0, 0.1) is 5.92 Å². The van der Waals surface area contributed by atoms with E-state index in [1.807, 2.05) is 17.0 Å². The zero-order valence-corrected chi connectivity index (χ0v) is 12.4. The van der Waals surface area contributed by atoms with Crippen molar-refractivity contribution in [2.45, 2.75) is 18.9 Å². The van der Waals surface area contributed by atoms with Crippen LogP contribution in [-0.2, 0) is 4.79 Å². The minimum Gasteiger partial charge on any atom is -0.486 e. The molecule has 1 aromatic carbocycles. The second kappa shape index (κ2) is 6.54. The van der Waals surface area contributed by atoms with Crippen molar-refractivity contribution in [1.29, 1.82) is 0 Å². The van der Waals surface area contributed by atoms with Gasteiger partial charge in [0, 0.05) is 13.1 Å². The largest absolute Gasteiger partial charge is 0.486 e. The second-order valence-corrected chi connectivity index (χ2v) is 5.86. The molecule has 0 amide bonds. The van der Waals surface area contributed by atoms with E-state index in [9.17, 15) is 9.90 Å². The molecular formula is C16H21NO5. The summed E-state index contributed by atoms with van der Waals surface area (Å²) in [5.41, 5.74) is 0.765. The van der Waals surface area contributed by atoms with Gasteiger partial charge in [-0.3, -0.25) is 9.69 Å². The molecule has 2 heterocycles. The average molecular weight is 307 g/mol. The lowest BCUT2D eigenvalue weighted by Crippen LogP contribution is -2.40. The Labute approximate surface area is 129 Å². The highest BCUT2D eigenvalue weighted by molar-refractivity contribution is 5.70. The van der Waals surface area contributed by atoms with Gasteiger partial charge in [-0.05, 0) is 37.1 Å². The summed E-state index contributed by atoms with van der Waals surface area (Å²) in [4.78, 5) is 13.1. The Hall–Kier alpha value is -1.79. The third-order valence-electron chi connectivity index (χ3n) is 4.24. The Morgan fingerprint density at radius 3 is 2.86 bits per heavy atom. The van der Waals surface area contributed by atoms with Gasteiger partial charge in [0.25, 0.3) is 0 Å². The van der Waals surface area contributed by atoms with Crippen LogP contribution in [0.15, 0.2) is 18.2 Å². The summed E-state index contributed by atoms with van der Waals surface area (Å²) in [6, 6.07) is 5.44. The highest BCUT2D eigenvalue weighted by Crippen LogP contribution is 2.33. The van der Waals surface area contributed by atoms with Crippen molar-refractivity contribution in [1.82, 2.24) is 4.90 Å². The molecule has 3 rings (SSSR count). The van der Waals surface area contributed by atoms with E-state index < -0.39 is 12.1 Å². The Morgan fingerprint density at radius 2 is 2.09 bits per heavy atom.